The summed E-state index contributed by atoms with van der Waals surface area (Å²) in [5.41, 5.74) is 1.24. The summed E-state index contributed by atoms with van der Waals surface area (Å²) in [6.07, 6.45) is 3.51. The molecule has 0 bridgehead atoms. The predicted molar refractivity (Wildman–Crippen MR) is 77.2 cm³/mol. The van der Waals surface area contributed by atoms with Crippen LogP contribution >= 0.6 is 0 Å². The van der Waals surface area contributed by atoms with Crippen LogP contribution < -0.4 is 0 Å². The van der Waals surface area contributed by atoms with Crippen LogP contribution in [-0.2, 0) is 9.53 Å². The van der Waals surface area contributed by atoms with Crippen molar-refractivity contribution in [2.75, 3.05) is 20.2 Å². The lowest BCUT2D eigenvalue weighted by Crippen LogP contribution is -2.28. The van der Waals surface area contributed by atoms with E-state index in [9.17, 15) is 9.59 Å². The summed E-state index contributed by atoms with van der Waals surface area (Å²) in [6, 6.07) is 8.53. The lowest BCUT2D eigenvalue weighted by atomic mass is 10.1. The van der Waals surface area contributed by atoms with Gasteiger partial charge in [0.1, 0.15) is 11.6 Å². The molecule has 0 N–H and O–H groups in total. The standard InChI is InChI=1S/C16H16N2O3/c1-21-16(20)13-6-4-12(5-7-13)10-14(11-17)15(19)18-8-2-3-9-18/h4-7,10H,2-3,8-9H2,1H3. The van der Waals surface area contributed by atoms with E-state index < -0.39 is 5.97 Å². The van der Waals surface area contributed by atoms with Crippen LogP contribution in [0.4, 0.5) is 0 Å². The molecule has 1 aliphatic heterocycles. The van der Waals surface area contributed by atoms with Crippen molar-refractivity contribution in [2.24, 2.45) is 0 Å². The molecule has 5 nitrogen and oxygen atoms in total. The van der Waals surface area contributed by atoms with E-state index in [2.05, 4.69) is 4.74 Å². The highest BCUT2D eigenvalue weighted by atomic mass is 16.5. The molecule has 5 heteroatoms. The Bertz CT molecular complexity index is 605. The second kappa shape index (κ2) is 6.71. The third-order valence-electron chi connectivity index (χ3n) is 3.39. The summed E-state index contributed by atoms with van der Waals surface area (Å²) >= 11 is 0. The molecule has 0 unspecified atom stereocenters. The first kappa shape index (κ1) is 14.8. The van der Waals surface area contributed by atoms with Crippen LogP contribution in [0.15, 0.2) is 29.8 Å². The van der Waals surface area contributed by atoms with Crippen LogP contribution in [0.5, 0.6) is 0 Å². The van der Waals surface area contributed by atoms with Gasteiger partial charge in [0.15, 0.2) is 0 Å². The van der Waals surface area contributed by atoms with Gasteiger partial charge in [0, 0.05) is 13.1 Å². The lowest BCUT2D eigenvalue weighted by Gasteiger charge is -2.14. The van der Waals surface area contributed by atoms with Crippen LogP contribution in [0.1, 0.15) is 28.8 Å². The third kappa shape index (κ3) is 3.48. The molecule has 1 amide bonds. The summed E-state index contributed by atoms with van der Waals surface area (Å²) in [6.45, 7) is 1.41. The molecule has 1 saturated heterocycles. The van der Waals surface area contributed by atoms with Gasteiger partial charge in [-0.1, -0.05) is 12.1 Å². The zero-order valence-corrected chi connectivity index (χ0v) is 11.8. The van der Waals surface area contributed by atoms with Gasteiger partial charge in [-0.3, -0.25) is 4.79 Å². The number of nitrogens with zero attached hydrogens (tertiary/aromatic N) is 2. The van der Waals surface area contributed by atoms with Crippen molar-refractivity contribution < 1.29 is 14.3 Å². The summed E-state index contributed by atoms with van der Waals surface area (Å²) in [4.78, 5) is 25.2. The number of rotatable bonds is 3. The Kier molecular flexibility index (Phi) is 4.72. The monoisotopic (exact) mass is 284 g/mol. The van der Waals surface area contributed by atoms with E-state index >= 15 is 0 Å². The van der Waals surface area contributed by atoms with Gasteiger partial charge in [-0.15, -0.1) is 0 Å². The summed E-state index contributed by atoms with van der Waals surface area (Å²) < 4.78 is 4.62. The van der Waals surface area contributed by atoms with Gasteiger partial charge in [-0.2, -0.15) is 5.26 Å². The normalized spacial score (nSPS) is 14.7. The topological polar surface area (TPSA) is 70.4 Å². The highest BCUT2D eigenvalue weighted by Gasteiger charge is 2.21. The minimum atomic E-state index is -0.417. The quantitative estimate of drug-likeness (QED) is 0.483. The molecule has 0 saturated carbocycles. The minimum Gasteiger partial charge on any atom is -0.465 e. The van der Waals surface area contributed by atoms with E-state index in [0.29, 0.717) is 24.2 Å². The summed E-state index contributed by atoms with van der Waals surface area (Å²) in [5.74, 6) is -0.647. The van der Waals surface area contributed by atoms with Crippen LogP contribution in [0.25, 0.3) is 6.08 Å². The number of carbonyl (C=O) groups excluding carboxylic acids is 2. The van der Waals surface area contributed by atoms with E-state index in [-0.39, 0.29) is 11.5 Å². The fourth-order valence-electron chi connectivity index (χ4n) is 2.23. The smallest absolute Gasteiger partial charge is 0.337 e. The molecule has 0 atom stereocenters. The fraction of sp³-hybridized carbons (Fsp3) is 0.312. The second-order valence-corrected chi connectivity index (χ2v) is 4.78. The van der Waals surface area contributed by atoms with Crippen molar-refractivity contribution in [1.82, 2.24) is 4.90 Å². The number of benzene rings is 1. The first-order valence-electron chi connectivity index (χ1n) is 6.75. The Morgan fingerprint density at radius 3 is 2.38 bits per heavy atom. The predicted octanol–water partition coefficient (Wildman–Crippen LogP) is 2.00. The zero-order chi connectivity index (χ0) is 15.2. The molecular weight excluding hydrogens is 268 g/mol. The average Bonchev–Trinajstić information content (AvgIpc) is 3.06. The number of likely N-dealkylation sites (tertiary alicyclic amines) is 1. The molecule has 0 aromatic heterocycles. The number of hydrogen-bond acceptors (Lipinski definition) is 4. The van der Waals surface area contributed by atoms with Crippen molar-refractivity contribution in [1.29, 1.82) is 5.26 Å². The Labute approximate surface area is 123 Å². The Balaban J connectivity index is 2.18. The molecule has 0 aliphatic carbocycles. The number of nitriles is 1. The maximum atomic E-state index is 12.2. The van der Waals surface area contributed by atoms with Crippen molar-refractivity contribution in [3.8, 4) is 6.07 Å². The van der Waals surface area contributed by atoms with Crippen LogP contribution in [-0.4, -0.2) is 37.0 Å². The van der Waals surface area contributed by atoms with E-state index in [1.54, 1.807) is 35.2 Å². The van der Waals surface area contributed by atoms with Gasteiger partial charge >= 0.3 is 5.97 Å². The number of hydrogen-bond donors (Lipinski definition) is 0. The molecular formula is C16H16N2O3. The Morgan fingerprint density at radius 1 is 1.24 bits per heavy atom. The van der Waals surface area contributed by atoms with Gasteiger partial charge in [-0.25, -0.2) is 4.79 Å². The first-order valence-corrected chi connectivity index (χ1v) is 6.75. The molecule has 0 spiro atoms. The number of amides is 1. The maximum absolute atomic E-state index is 12.2. The average molecular weight is 284 g/mol. The molecule has 21 heavy (non-hydrogen) atoms. The van der Waals surface area contributed by atoms with Crippen molar-refractivity contribution in [3.05, 3.63) is 41.0 Å². The summed E-state index contributed by atoms with van der Waals surface area (Å²) in [7, 11) is 1.32. The van der Waals surface area contributed by atoms with Crippen molar-refractivity contribution in [3.63, 3.8) is 0 Å². The molecule has 108 valence electrons. The largest absolute Gasteiger partial charge is 0.465 e. The lowest BCUT2D eigenvalue weighted by molar-refractivity contribution is -0.125. The molecule has 1 aromatic carbocycles. The molecule has 1 aliphatic rings. The highest BCUT2D eigenvalue weighted by molar-refractivity contribution is 6.01. The van der Waals surface area contributed by atoms with E-state index in [4.69, 9.17) is 5.26 Å². The number of esters is 1. The Morgan fingerprint density at radius 2 is 1.86 bits per heavy atom. The van der Waals surface area contributed by atoms with Crippen molar-refractivity contribution >= 4 is 18.0 Å². The number of carbonyl (C=O) groups is 2. The molecule has 1 aromatic rings. The zero-order valence-electron chi connectivity index (χ0n) is 11.8. The van der Waals surface area contributed by atoms with Gasteiger partial charge in [-0.05, 0) is 36.6 Å². The molecule has 0 radical (unpaired) electrons. The minimum absolute atomic E-state index is 0.114. The summed E-state index contributed by atoms with van der Waals surface area (Å²) in [5, 5.41) is 9.16. The van der Waals surface area contributed by atoms with Crippen LogP contribution in [0, 0.1) is 11.3 Å². The fourth-order valence-corrected chi connectivity index (χ4v) is 2.23. The highest BCUT2D eigenvalue weighted by Crippen LogP contribution is 2.15. The van der Waals surface area contributed by atoms with Gasteiger partial charge < -0.3 is 9.64 Å². The van der Waals surface area contributed by atoms with Gasteiger partial charge in [0.05, 0.1) is 12.7 Å². The van der Waals surface area contributed by atoms with E-state index in [1.165, 1.54) is 7.11 Å². The van der Waals surface area contributed by atoms with Gasteiger partial charge in [0.25, 0.3) is 5.91 Å². The second-order valence-electron chi connectivity index (χ2n) is 4.78. The molecule has 2 rings (SSSR count). The molecule has 1 heterocycles. The SMILES string of the molecule is COC(=O)c1ccc(C=C(C#N)C(=O)N2CCCC2)cc1. The van der Waals surface area contributed by atoms with Gasteiger partial charge in [0.2, 0.25) is 0 Å². The maximum Gasteiger partial charge on any atom is 0.337 e. The van der Waals surface area contributed by atoms with Crippen LogP contribution in [0.2, 0.25) is 0 Å². The Hall–Kier alpha value is -2.61. The van der Waals surface area contributed by atoms with E-state index in [1.807, 2.05) is 6.07 Å². The first-order chi connectivity index (χ1) is 10.2. The molecule has 1 fully saturated rings. The third-order valence-corrected chi connectivity index (χ3v) is 3.39. The number of methoxy groups -OCH3 is 1. The number of ether oxygens (including phenoxy) is 1. The van der Waals surface area contributed by atoms with E-state index in [0.717, 1.165) is 12.8 Å². The van der Waals surface area contributed by atoms with Crippen molar-refractivity contribution in [2.45, 2.75) is 12.8 Å². The van der Waals surface area contributed by atoms with Crippen LogP contribution in [0.3, 0.4) is 0 Å².